The van der Waals surface area contributed by atoms with Gasteiger partial charge in [0.25, 0.3) is 0 Å². The van der Waals surface area contributed by atoms with Crippen LogP contribution in [0.15, 0.2) is 29.2 Å². The molecular weight excluding hydrogens is 277 g/mol. The summed E-state index contributed by atoms with van der Waals surface area (Å²) in [6.07, 6.45) is 3.82. The lowest BCUT2D eigenvalue weighted by Crippen LogP contribution is -2.40. The molecular formula is C15H22FNO2S. The van der Waals surface area contributed by atoms with Crippen LogP contribution in [0.2, 0.25) is 0 Å². The van der Waals surface area contributed by atoms with Gasteiger partial charge < -0.3 is 0 Å². The molecule has 1 aromatic rings. The first-order valence-corrected chi connectivity index (χ1v) is 8.40. The van der Waals surface area contributed by atoms with E-state index < -0.39 is 15.8 Å². The third kappa shape index (κ3) is 3.20. The Balaban J connectivity index is 2.16. The molecule has 1 saturated carbocycles. The molecule has 0 atom stereocenters. The molecule has 0 bridgehead atoms. The average Bonchev–Trinajstić information content (AvgIpc) is 2.38. The van der Waals surface area contributed by atoms with Gasteiger partial charge in [0.1, 0.15) is 5.82 Å². The van der Waals surface area contributed by atoms with E-state index in [1.54, 1.807) is 7.05 Å². The molecule has 0 amide bonds. The third-order valence-corrected chi connectivity index (χ3v) is 6.24. The van der Waals surface area contributed by atoms with Gasteiger partial charge >= 0.3 is 0 Å². The molecule has 0 unspecified atom stereocenters. The minimum Gasteiger partial charge on any atom is -0.207 e. The smallest absolute Gasteiger partial charge is 0.207 e. The standard InChI is InChI=1S/C15H22FNO2S/c1-15(2)10-8-13(9-11-15)17(3)20(18,19)14-6-4-12(16)5-7-14/h4-7,13H,8-11H2,1-3H3. The minimum atomic E-state index is -3.53. The van der Waals surface area contributed by atoms with Crippen LogP contribution in [0.3, 0.4) is 0 Å². The molecule has 3 nitrogen and oxygen atoms in total. The molecule has 0 aromatic heterocycles. The Kier molecular flexibility index (Phi) is 4.21. The lowest BCUT2D eigenvalue weighted by molar-refractivity contribution is 0.174. The second-order valence-electron chi connectivity index (χ2n) is 6.37. The molecule has 0 N–H and O–H groups in total. The van der Waals surface area contributed by atoms with Crippen LogP contribution in [-0.2, 0) is 10.0 Å². The first kappa shape index (κ1) is 15.4. The van der Waals surface area contributed by atoms with E-state index in [2.05, 4.69) is 13.8 Å². The fourth-order valence-corrected chi connectivity index (χ4v) is 4.13. The van der Waals surface area contributed by atoms with Crippen molar-refractivity contribution in [3.05, 3.63) is 30.1 Å². The Labute approximate surface area is 120 Å². The van der Waals surface area contributed by atoms with Gasteiger partial charge in [0.15, 0.2) is 0 Å². The van der Waals surface area contributed by atoms with E-state index in [0.29, 0.717) is 5.41 Å². The molecule has 0 saturated heterocycles. The van der Waals surface area contributed by atoms with Gasteiger partial charge in [0.05, 0.1) is 4.90 Å². The molecule has 0 heterocycles. The molecule has 1 aliphatic rings. The number of sulfonamides is 1. The van der Waals surface area contributed by atoms with Gasteiger partial charge in [-0.3, -0.25) is 0 Å². The maximum absolute atomic E-state index is 12.9. The summed E-state index contributed by atoms with van der Waals surface area (Å²) in [7, 11) is -1.90. The van der Waals surface area contributed by atoms with E-state index in [4.69, 9.17) is 0 Å². The minimum absolute atomic E-state index is 0.0399. The number of hydrogen-bond acceptors (Lipinski definition) is 2. The lowest BCUT2D eigenvalue weighted by atomic mass is 9.76. The zero-order valence-corrected chi connectivity index (χ0v) is 13.1. The van der Waals surface area contributed by atoms with Crippen molar-refractivity contribution in [1.29, 1.82) is 0 Å². The van der Waals surface area contributed by atoms with Crippen LogP contribution in [0.5, 0.6) is 0 Å². The molecule has 0 spiro atoms. The van der Waals surface area contributed by atoms with Crippen LogP contribution in [0.4, 0.5) is 4.39 Å². The normalized spacial score (nSPS) is 20.2. The number of nitrogens with zero attached hydrogens (tertiary/aromatic N) is 1. The van der Waals surface area contributed by atoms with E-state index in [9.17, 15) is 12.8 Å². The zero-order chi connectivity index (χ0) is 15.0. The van der Waals surface area contributed by atoms with Crippen molar-refractivity contribution in [2.45, 2.75) is 50.5 Å². The zero-order valence-electron chi connectivity index (χ0n) is 12.3. The Morgan fingerprint density at radius 2 is 1.65 bits per heavy atom. The average molecular weight is 299 g/mol. The predicted octanol–water partition coefficient (Wildman–Crippen LogP) is 3.42. The van der Waals surface area contributed by atoms with Crippen molar-refractivity contribution >= 4 is 10.0 Å². The highest BCUT2D eigenvalue weighted by Crippen LogP contribution is 2.37. The van der Waals surface area contributed by atoms with E-state index in [1.165, 1.54) is 28.6 Å². The maximum atomic E-state index is 12.9. The Hall–Kier alpha value is -0.940. The van der Waals surface area contributed by atoms with Crippen LogP contribution < -0.4 is 0 Å². The second-order valence-corrected chi connectivity index (χ2v) is 8.37. The Bertz CT molecular complexity index is 556. The molecule has 1 aromatic carbocycles. The fourth-order valence-electron chi connectivity index (χ4n) is 2.72. The SMILES string of the molecule is CN(C1CCC(C)(C)CC1)S(=O)(=O)c1ccc(F)cc1. The van der Waals surface area contributed by atoms with E-state index >= 15 is 0 Å². The van der Waals surface area contributed by atoms with E-state index in [0.717, 1.165) is 25.7 Å². The number of benzene rings is 1. The van der Waals surface area contributed by atoms with Gasteiger partial charge in [0.2, 0.25) is 10.0 Å². The van der Waals surface area contributed by atoms with E-state index in [1.807, 2.05) is 0 Å². The highest BCUT2D eigenvalue weighted by molar-refractivity contribution is 7.89. The quantitative estimate of drug-likeness (QED) is 0.857. The second kappa shape index (κ2) is 5.45. The van der Waals surface area contributed by atoms with Crippen molar-refractivity contribution in [3.8, 4) is 0 Å². The van der Waals surface area contributed by atoms with Crippen LogP contribution in [-0.4, -0.2) is 25.8 Å². The highest BCUT2D eigenvalue weighted by atomic mass is 32.2. The number of rotatable bonds is 3. The summed E-state index contributed by atoms with van der Waals surface area (Å²) in [5, 5.41) is 0. The summed E-state index contributed by atoms with van der Waals surface area (Å²) in [6, 6.07) is 5.06. The third-order valence-electron chi connectivity index (χ3n) is 4.31. The molecule has 112 valence electrons. The molecule has 20 heavy (non-hydrogen) atoms. The fraction of sp³-hybridized carbons (Fsp3) is 0.600. The summed E-state index contributed by atoms with van der Waals surface area (Å²) >= 11 is 0. The predicted molar refractivity (Wildman–Crippen MR) is 77.4 cm³/mol. The van der Waals surface area contributed by atoms with Crippen molar-refractivity contribution in [2.24, 2.45) is 5.41 Å². The lowest BCUT2D eigenvalue weighted by Gasteiger charge is -2.38. The Morgan fingerprint density at radius 3 is 2.15 bits per heavy atom. The number of hydrogen-bond donors (Lipinski definition) is 0. The van der Waals surface area contributed by atoms with Crippen molar-refractivity contribution in [2.75, 3.05) is 7.05 Å². The molecule has 5 heteroatoms. The van der Waals surface area contributed by atoms with Crippen molar-refractivity contribution in [3.63, 3.8) is 0 Å². The van der Waals surface area contributed by atoms with Gasteiger partial charge in [-0.25, -0.2) is 12.8 Å². The molecule has 1 fully saturated rings. The summed E-state index contributed by atoms with van der Waals surface area (Å²) < 4.78 is 39.4. The summed E-state index contributed by atoms with van der Waals surface area (Å²) in [4.78, 5) is 0.159. The van der Waals surface area contributed by atoms with Gasteiger partial charge in [0, 0.05) is 13.1 Å². The summed E-state index contributed by atoms with van der Waals surface area (Å²) in [6.45, 7) is 4.44. The molecule has 1 aliphatic carbocycles. The summed E-state index contributed by atoms with van der Waals surface area (Å²) in [5.41, 5.74) is 0.303. The van der Waals surface area contributed by atoms with Crippen molar-refractivity contribution in [1.82, 2.24) is 4.31 Å². The van der Waals surface area contributed by atoms with Gasteiger partial charge in [-0.1, -0.05) is 13.8 Å². The van der Waals surface area contributed by atoms with Crippen LogP contribution >= 0.6 is 0 Å². The molecule has 2 rings (SSSR count). The maximum Gasteiger partial charge on any atom is 0.243 e. The van der Waals surface area contributed by atoms with Gasteiger partial charge in [-0.2, -0.15) is 4.31 Å². The van der Waals surface area contributed by atoms with Crippen molar-refractivity contribution < 1.29 is 12.8 Å². The van der Waals surface area contributed by atoms with Gasteiger partial charge in [-0.05, 0) is 55.4 Å². The first-order chi connectivity index (χ1) is 9.22. The Morgan fingerprint density at radius 1 is 1.15 bits per heavy atom. The van der Waals surface area contributed by atoms with Gasteiger partial charge in [-0.15, -0.1) is 0 Å². The molecule has 0 radical (unpaired) electrons. The molecule has 0 aliphatic heterocycles. The van der Waals surface area contributed by atoms with Crippen LogP contribution in [0.25, 0.3) is 0 Å². The topological polar surface area (TPSA) is 37.4 Å². The van der Waals surface area contributed by atoms with E-state index in [-0.39, 0.29) is 10.9 Å². The number of halogens is 1. The van der Waals surface area contributed by atoms with Crippen LogP contribution in [0, 0.1) is 11.2 Å². The van der Waals surface area contributed by atoms with Crippen LogP contribution in [0.1, 0.15) is 39.5 Å². The largest absolute Gasteiger partial charge is 0.243 e. The highest BCUT2D eigenvalue weighted by Gasteiger charge is 2.33. The first-order valence-electron chi connectivity index (χ1n) is 6.96. The monoisotopic (exact) mass is 299 g/mol. The summed E-state index contributed by atoms with van der Waals surface area (Å²) in [5.74, 6) is -0.425.